The Morgan fingerprint density at radius 1 is 1.15 bits per heavy atom. The molecule has 0 aliphatic heterocycles. The second-order valence-corrected chi connectivity index (χ2v) is 6.33. The quantitative estimate of drug-likeness (QED) is 0.925. The summed E-state index contributed by atoms with van der Waals surface area (Å²) < 4.78 is 2.09. The van der Waals surface area contributed by atoms with E-state index in [9.17, 15) is 0 Å². The summed E-state index contributed by atoms with van der Waals surface area (Å²) in [5.41, 5.74) is 10.2. The predicted octanol–water partition coefficient (Wildman–Crippen LogP) is 3.13. The van der Waals surface area contributed by atoms with Crippen LogP contribution in [0.25, 0.3) is 5.69 Å². The molecule has 2 fully saturated rings. The lowest BCUT2D eigenvalue weighted by molar-refractivity contribution is 0.253. The largest absolute Gasteiger partial charge is 0.330 e. The number of hydrogen-bond acceptors (Lipinski definition) is 2. The van der Waals surface area contributed by atoms with E-state index < -0.39 is 0 Å². The minimum Gasteiger partial charge on any atom is -0.330 e. The zero-order valence-electron chi connectivity index (χ0n) is 11.8. The molecule has 3 nitrogen and oxygen atoms in total. The smallest absolute Gasteiger partial charge is 0.0649 e. The molecule has 2 aliphatic rings. The number of benzene rings is 1. The van der Waals surface area contributed by atoms with E-state index in [0.29, 0.717) is 0 Å². The third-order valence-electron chi connectivity index (χ3n) is 5.09. The highest BCUT2D eigenvalue weighted by molar-refractivity contribution is 5.40. The molecule has 1 aromatic heterocycles. The molecule has 3 heteroatoms. The molecule has 2 saturated carbocycles. The molecule has 104 valence electrons. The maximum atomic E-state index is 5.99. The zero-order chi connectivity index (χ0) is 13.6. The summed E-state index contributed by atoms with van der Waals surface area (Å²) in [6.45, 7) is 0.765. The van der Waals surface area contributed by atoms with E-state index in [2.05, 4.69) is 40.1 Å². The first-order chi connectivity index (χ1) is 9.82. The SMILES string of the molecule is NCC1(c2ccc(-n3nccc3C3CC3)cc2)CCC1. The Hall–Kier alpha value is -1.61. The lowest BCUT2D eigenvalue weighted by Crippen LogP contribution is -2.41. The molecule has 0 bridgehead atoms. The molecule has 1 aromatic carbocycles. The van der Waals surface area contributed by atoms with Crippen LogP contribution < -0.4 is 5.73 Å². The van der Waals surface area contributed by atoms with E-state index >= 15 is 0 Å². The minimum absolute atomic E-state index is 0.252. The maximum absolute atomic E-state index is 5.99. The van der Waals surface area contributed by atoms with Crippen LogP contribution in [0.2, 0.25) is 0 Å². The Morgan fingerprint density at radius 3 is 2.45 bits per heavy atom. The molecule has 0 atom stereocenters. The first-order valence-electron chi connectivity index (χ1n) is 7.67. The summed E-state index contributed by atoms with van der Waals surface area (Å²) in [5, 5.41) is 4.49. The van der Waals surface area contributed by atoms with Crippen molar-refractivity contribution in [2.75, 3.05) is 6.54 Å². The summed E-state index contributed by atoms with van der Waals surface area (Å²) in [7, 11) is 0. The molecule has 0 saturated heterocycles. The summed E-state index contributed by atoms with van der Waals surface area (Å²) in [6.07, 6.45) is 8.30. The van der Waals surface area contributed by atoms with Crippen molar-refractivity contribution in [1.82, 2.24) is 9.78 Å². The van der Waals surface area contributed by atoms with E-state index in [1.54, 1.807) is 0 Å². The van der Waals surface area contributed by atoms with Crippen molar-refractivity contribution in [3.63, 3.8) is 0 Å². The zero-order valence-corrected chi connectivity index (χ0v) is 11.8. The Balaban J connectivity index is 1.65. The number of nitrogens with zero attached hydrogens (tertiary/aromatic N) is 2. The Labute approximate surface area is 119 Å². The fraction of sp³-hybridized carbons (Fsp3) is 0.471. The monoisotopic (exact) mass is 267 g/mol. The molecule has 2 aliphatic carbocycles. The minimum atomic E-state index is 0.252. The fourth-order valence-electron chi connectivity index (χ4n) is 3.39. The van der Waals surface area contributed by atoms with Gasteiger partial charge < -0.3 is 5.73 Å². The molecule has 0 radical (unpaired) electrons. The lowest BCUT2D eigenvalue weighted by atomic mass is 9.64. The Morgan fingerprint density at radius 2 is 1.90 bits per heavy atom. The third kappa shape index (κ3) is 1.80. The molecular formula is C17H21N3. The van der Waals surface area contributed by atoms with E-state index in [1.165, 1.54) is 49.0 Å². The van der Waals surface area contributed by atoms with Crippen LogP contribution in [0.15, 0.2) is 36.5 Å². The predicted molar refractivity (Wildman–Crippen MR) is 80.1 cm³/mol. The van der Waals surface area contributed by atoms with Crippen molar-refractivity contribution >= 4 is 0 Å². The molecule has 2 aromatic rings. The van der Waals surface area contributed by atoms with Crippen LogP contribution in [0.3, 0.4) is 0 Å². The molecule has 0 amide bonds. The van der Waals surface area contributed by atoms with Gasteiger partial charge in [0.15, 0.2) is 0 Å². The van der Waals surface area contributed by atoms with E-state index in [1.807, 2.05) is 6.20 Å². The van der Waals surface area contributed by atoms with Gasteiger partial charge in [-0.2, -0.15) is 5.10 Å². The van der Waals surface area contributed by atoms with Crippen LogP contribution in [-0.2, 0) is 5.41 Å². The van der Waals surface area contributed by atoms with E-state index in [0.717, 1.165) is 12.5 Å². The molecule has 2 N–H and O–H groups in total. The number of aromatic nitrogens is 2. The molecule has 1 heterocycles. The summed E-state index contributed by atoms with van der Waals surface area (Å²) in [6, 6.07) is 11.0. The topological polar surface area (TPSA) is 43.8 Å². The normalized spacial score (nSPS) is 20.6. The molecule has 4 rings (SSSR count). The summed E-state index contributed by atoms with van der Waals surface area (Å²) in [5.74, 6) is 0.721. The van der Waals surface area contributed by atoms with Crippen molar-refractivity contribution in [3.05, 3.63) is 47.8 Å². The fourth-order valence-corrected chi connectivity index (χ4v) is 3.39. The van der Waals surface area contributed by atoms with Crippen LogP contribution in [0.5, 0.6) is 0 Å². The van der Waals surface area contributed by atoms with Crippen LogP contribution >= 0.6 is 0 Å². The van der Waals surface area contributed by atoms with Gasteiger partial charge in [0.1, 0.15) is 0 Å². The van der Waals surface area contributed by atoms with Gasteiger partial charge in [0, 0.05) is 29.8 Å². The van der Waals surface area contributed by atoms with Gasteiger partial charge in [-0.05, 0) is 49.4 Å². The first kappa shape index (κ1) is 12.2. The van der Waals surface area contributed by atoms with Gasteiger partial charge in [-0.15, -0.1) is 0 Å². The van der Waals surface area contributed by atoms with E-state index in [-0.39, 0.29) is 5.41 Å². The molecule has 0 spiro atoms. The molecular weight excluding hydrogens is 246 g/mol. The Bertz CT molecular complexity index is 598. The van der Waals surface area contributed by atoms with Gasteiger partial charge in [0.2, 0.25) is 0 Å². The van der Waals surface area contributed by atoms with Crippen molar-refractivity contribution in [2.45, 2.75) is 43.4 Å². The van der Waals surface area contributed by atoms with Gasteiger partial charge in [-0.25, -0.2) is 4.68 Å². The van der Waals surface area contributed by atoms with Gasteiger partial charge in [0.25, 0.3) is 0 Å². The highest BCUT2D eigenvalue weighted by atomic mass is 15.3. The molecule has 0 unspecified atom stereocenters. The molecule has 20 heavy (non-hydrogen) atoms. The second-order valence-electron chi connectivity index (χ2n) is 6.33. The average molecular weight is 267 g/mol. The third-order valence-corrected chi connectivity index (χ3v) is 5.09. The van der Waals surface area contributed by atoms with Gasteiger partial charge in [-0.3, -0.25) is 0 Å². The number of rotatable bonds is 4. The summed E-state index contributed by atoms with van der Waals surface area (Å²) >= 11 is 0. The van der Waals surface area contributed by atoms with Crippen LogP contribution in [0.4, 0.5) is 0 Å². The van der Waals surface area contributed by atoms with E-state index in [4.69, 9.17) is 5.73 Å². The second kappa shape index (κ2) is 4.45. The van der Waals surface area contributed by atoms with Gasteiger partial charge >= 0.3 is 0 Å². The Kier molecular flexibility index (Phi) is 2.71. The van der Waals surface area contributed by atoms with Crippen LogP contribution in [0, 0.1) is 0 Å². The lowest BCUT2D eigenvalue weighted by Gasteiger charge is -2.41. The standard InChI is InChI=1S/C17H21N3/c18-12-17(9-1-10-17)14-4-6-15(7-5-14)20-16(8-11-19-20)13-2-3-13/h4-8,11,13H,1-3,9-10,12,18H2. The van der Waals surface area contributed by atoms with Gasteiger partial charge in [-0.1, -0.05) is 18.6 Å². The first-order valence-corrected chi connectivity index (χ1v) is 7.67. The maximum Gasteiger partial charge on any atom is 0.0649 e. The number of nitrogens with two attached hydrogens (primary N) is 1. The van der Waals surface area contributed by atoms with Crippen molar-refractivity contribution in [2.24, 2.45) is 5.73 Å². The van der Waals surface area contributed by atoms with Crippen LogP contribution in [-0.4, -0.2) is 16.3 Å². The van der Waals surface area contributed by atoms with Gasteiger partial charge in [0.05, 0.1) is 5.69 Å². The highest BCUT2D eigenvalue weighted by Gasteiger charge is 2.37. The van der Waals surface area contributed by atoms with Crippen molar-refractivity contribution < 1.29 is 0 Å². The number of hydrogen-bond donors (Lipinski definition) is 1. The summed E-state index contributed by atoms with van der Waals surface area (Å²) in [4.78, 5) is 0. The van der Waals surface area contributed by atoms with Crippen LogP contribution in [0.1, 0.15) is 49.3 Å². The van der Waals surface area contributed by atoms with Crippen molar-refractivity contribution in [1.29, 1.82) is 0 Å². The highest BCUT2D eigenvalue weighted by Crippen LogP contribution is 2.43. The average Bonchev–Trinajstić information content (AvgIpc) is 3.17. The van der Waals surface area contributed by atoms with Crippen molar-refractivity contribution in [3.8, 4) is 5.69 Å².